The normalized spacial score (nSPS) is 12.2. The Hall–Kier alpha value is -4.35. The molecule has 0 aliphatic rings. The molecule has 14 heteroatoms. The van der Waals surface area contributed by atoms with Crippen molar-refractivity contribution in [2.45, 2.75) is 25.4 Å². The van der Waals surface area contributed by atoms with Gasteiger partial charge in [0.1, 0.15) is 0 Å². The van der Waals surface area contributed by atoms with Gasteiger partial charge in [-0.2, -0.15) is 26.3 Å². The number of benzene rings is 2. The minimum Gasteiger partial charge on any atom is -0.343 e. The molecule has 6 rings (SSSR count). The Morgan fingerprint density at radius 3 is 1.26 bits per heavy atom. The SMILES string of the molecule is C[Si](C)(c1ccc(-c2ccccc2)c(-n2[c-]cc(C(F)(F)F)n2)n1)c1ccc(-c2ccccc2)c(-n2[c-]cc(C(F)(F)F)n2)n1.[Pt+2]. The maximum atomic E-state index is 13.4. The third kappa shape index (κ3) is 6.47. The summed E-state index contributed by atoms with van der Waals surface area (Å²) in [7, 11) is -2.87. The predicted molar refractivity (Wildman–Crippen MR) is 158 cm³/mol. The van der Waals surface area contributed by atoms with Crippen molar-refractivity contribution >= 4 is 18.7 Å². The molecule has 6 aromatic rings. The second kappa shape index (κ2) is 12.4. The van der Waals surface area contributed by atoms with E-state index in [2.05, 4.69) is 22.6 Å². The van der Waals surface area contributed by atoms with Gasteiger partial charge in [0.15, 0.2) is 8.07 Å². The Balaban J connectivity index is 0.00000417. The Kier molecular flexibility index (Phi) is 8.93. The second-order valence-corrected chi connectivity index (χ2v) is 14.9. The molecular weight excluding hydrogens is 806 g/mol. The minimum atomic E-state index is -4.67. The molecule has 0 aliphatic heterocycles. The van der Waals surface area contributed by atoms with E-state index in [0.29, 0.717) is 32.9 Å². The van der Waals surface area contributed by atoms with Crippen molar-refractivity contribution in [2.75, 3.05) is 0 Å². The maximum absolute atomic E-state index is 13.4. The predicted octanol–water partition coefficient (Wildman–Crippen LogP) is 6.64. The number of halogens is 6. The average Bonchev–Trinajstić information content (AvgIpc) is 3.73. The minimum absolute atomic E-state index is 0. The molecule has 0 N–H and O–H groups in total. The first kappa shape index (κ1) is 33.0. The van der Waals surface area contributed by atoms with Crippen LogP contribution in [-0.4, -0.2) is 37.6 Å². The van der Waals surface area contributed by atoms with Gasteiger partial charge in [-0.3, -0.25) is 10.2 Å². The fourth-order valence-corrected chi connectivity index (χ4v) is 6.84. The van der Waals surface area contributed by atoms with Crippen molar-refractivity contribution in [1.29, 1.82) is 0 Å². The van der Waals surface area contributed by atoms with E-state index in [9.17, 15) is 26.3 Å². The van der Waals surface area contributed by atoms with E-state index in [4.69, 9.17) is 9.97 Å². The Labute approximate surface area is 275 Å². The number of alkyl halides is 6. The molecule has 0 saturated heterocycles. The molecule has 6 nitrogen and oxygen atoms in total. The van der Waals surface area contributed by atoms with Crippen LogP contribution in [0, 0.1) is 12.4 Å². The van der Waals surface area contributed by atoms with E-state index in [0.717, 1.165) is 21.5 Å². The third-order valence-corrected chi connectivity index (χ3v) is 10.4. The zero-order valence-electron chi connectivity index (χ0n) is 24.0. The van der Waals surface area contributed by atoms with E-state index in [-0.39, 0.29) is 32.7 Å². The molecule has 4 aromatic heterocycles. The number of aromatic nitrogens is 6. The van der Waals surface area contributed by atoms with Crippen LogP contribution in [0.2, 0.25) is 13.1 Å². The van der Waals surface area contributed by atoms with Crippen LogP contribution in [0.15, 0.2) is 97.1 Å². The van der Waals surface area contributed by atoms with Crippen LogP contribution in [0.5, 0.6) is 0 Å². The third-order valence-electron chi connectivity index (χ3n) is 7.25. The van der Waals surface area contributed by atoms with Crippen LogP contribution in [0.3, 0.4) is 0 Å². The van der Waals surface area contributed by atoms with Crippen molar-refractivity contribution in [1.82, 2.24) is 29.5 Å². The van der Waals surface area contributed by atoms with Crippen LogP contribution >= 0.6 is 0 Å². The molecule has 236 valence electrons. The standard InChI is InChI=1S/C32H22F6N6Si.Pt/c1-45(2,27-15-13-23(21-9-5-3-6-10-21)29(39-27)43-19-17-25(41-43)31(33,34)35)28-16-14-24(22-11-7-4-8-12-22)30(40-28)44-20-18-26(42-44)32(36,37)38;/h3-18H,1-2H3;/q-2;+2. The Bertz CT molecular complexity index is 1830. The monoisotopic (exact) mass is 827 g/mol. The van der Waals surface area contributed by atoms with E-state index in [1.54, 1.807) is 48.5 Å². The van der Waals surface area contributed by atoms with Gasteiger partial charge in [0, 0.05) is 10.6 Å². The van der Waals surface area contributed by atoms with E-state index in [1.807, 2.05) is 49.5 Å². The smallest absolute Gasteiger partial charge is 0.343 e. The van der Waals surface area contributed by atoms with Crippen molar-refractivity contribution in [3.05, 3.63) is 121 Å². The van der Waals surface area contributed by atoms with Gasteiger partial charge in [-0.25, -0.2) is 0 Å². The fourth-order valence-electron chi connectivity index (χ4n) is 4.80. The van der Waals surface area contributed by atoms with Gasteiger partial charge in [0.05, 0.1) is 23.0 Å². The molecule has 0 unspecified atom stereocenters. The zero-order valence-corrected chi connectivity index (χ0v) is 27.3. The molecule has 0 fully saturated rings. The number of pyridine rings is 2. The zero-order chi connectivity index (χ0) is 32.0. The summed E-state index contributed by atoms with van der Waals surface area (Å²) in [5.74, 6) is 0.289. The van der Waals surface area contributed by atoms with E-state index in [1.165, 1.54) is 0 Å². The second-order valence-electron chi connectivity index (χ2n) is 10.6. The van der Waals surface area contributed by atoms with Gasteiger partial charge in [0.2, 0.25) is 0 Å². The van der Waals surface area contributed by atoms with Crippen molar-refractivity contribution in [3.8, 4) is 33.9 Å². The number of nitrogens with zero attached hydrogens (tertiary/aromatic N) is 6. The summed E-state index contributed by atoms with van der Waals surface area (Å²) >= 11 is 0. The van der Waals surface area contributed by atoms with Gasteiger partial charge < -0.3 is 19.3 Å². The molecular formula is C32H22F6N6PtSi. The van der Waals surface area contributed by atoms with Gasteiger partial charge >= 0.3 is 33.4 Å². The van der Waals surface area contributed by atoms with Gasteiger partial charge in [-0.15, -0.1) is 12.1 Å². The van der Waals surface area contributed by atoms with Crippen LogP contribution in [0.1, 0.15) is 11.4 Å². The van der Waals surface area contributed by atoms with Crippen molar-refractivity contribution in [3.63, 3.8) is 0 Å². The molecule has 0 amide bonds. The van der Waals surface area contributed by atoms with Crippen LogP contribution < -0.4 is 10.6 Å². The topological polar surface area (TPSA) is 61.4 Å². The summed E-state index contributed by atoms with van der Waals surface area (Å²) in [6.07, 6.45) is -4.25. The maximum Gasteiger partial charge on any atom is 2.00 e. The first-order valence-corrected chi connectivity index (χ1v) is 16.6. The molecule has 0 radical (unpaired) electrons. The van der Waals surface area contributed by atoms with Crippen LogP contribution in [-0.2, 0) is 33.4 Å². The number of hydrogen-bond donors (Lipinski definition) is 0. The van der Waals surface area contributed by atoms with Crippen molar-refractivity contribution in [2.24, 2.45) is 0 Å². The molecule has 0 aliphatic carbocycles. The summed E-state index contributed by atoms with van der Waals surface area (Å²) in [6.45, 7) is 3.88. The number of hydrogen-bond acceptors (Lipinski definition) is 4. The molecule has 4 heterocycles. The quantitative estimate of drug-likeness (QED) is 0.107. The Morgan fingerprint density at radius 2 is 0.935 bits per heavy atom. The number of rotatable bonds is 6. The molecule has 0 saturated carbocycles. The van der Waals surface area contributed by atoms with Gasteiger partial charge in [-0.05, 0) is 34.4 Å². The first-order chi connectivity index (χ1) is 21.3. The Morgan fingerprint density at radius 1 is 0.565 bits per heavy atom. The fraction of sp³-hybridized carbons (Fsp3) is 0.125. The summed E-state index contributed by atoms with van der Waals surface area (Å²) in [5, 5.41) is 8.55. The van der Waals surface area contributed by atoms with E-state index >= 15 is 0 Å². The largest absolute Gasteiger partial charge is 2.00 e. The van der Waals surface area contributed by atoms with Gasteiger partial charge in [-0.1, -0.05) is 98.3 Å². The summed E-state index contributed by atoms with van der Waals surface area (Å²) in [5.41, 5.74) is 0.285. The molecule has 46 heavy (non-hydrogen) atoms. The van der Waals surface area contributed by atoms with Crippen LogP contribution in [0.4, 0.5) is 26.3 Å². The average molecular weight is 828 g/mol. The summed E-state index contributed by atoms with van der Waals surface area (Å²) in [4.78, 5) is 9.65. The summed E-state index contributed by atoms with van der Waals surface area (Å²) < 4.78 is 82.6. The van der Waals surface area contributed by atoms with Crippen molar-refractivity contribution < 1.29 is 47.4 Å². The van der Waals surface area contributed by atoms with Crippen LogP contribution in [0.25, 0.3) is 33.9 Å². The molecule has 0 atom stereocenters. The molecule has 0 spiro atoms. The first-order valence-electron chi connectivity index (χ1n) is 13.6. The van der Waals surface area contributed by atoms with Gasteiger partial charge in [0.25, 0.3) is 0 Å². The molecule has 2 aromatic carbocycles. The summed E-state index contributed by atoms with van der Waals surface area (Å²) in [6, 6.07) is 26.7. The molecule has 0 bridgehead atoms. The van der Waals surface area contributed by atoms with E-state index < -0.39 is 31.8 Å².